The van der Waals surface area contributed by atoms with Gasteiger partial charge in [0.2, 0.25) is 0 Å². The first-order valence-electron chi connectivity index (χ1n) is 5.34. The standard InChI is InChI=1S/C12H15N2OPS/c1-6-7(2)11(10-5-17-9(4)13-10)12(15)14(16)8(6)3/h5H,16H2,1-4H3. The molecular weight excluding hydrogens is 251 g/mol. The summed E-state index contributed by atoms with van der Waals surface area (Å²) >= 11 is 1.57. The second kappa shape index (κ2) is 4.35. The van der Waals surface area contributed by atoms with Crippen molar-refractivity contribution in [2.45, 2.75) is 27.7 Å². The zero-order valence-electron chi connectivity index (χ0n) is 10.4. The molecule has 0 saturated heterocycles. The predicted molar refractivity (Wildman–Crippen MR) is 75.9 cm³/mol. The number of pyridine rings is 1. The largest absolute Gasteiger partial charge is 0.297 e. The van der Waals surface area contributed by atoms with Gasteiger partial charge in [0, 0.05) is 11.1 Å². The molecule has 0 fully saturated rings. The Morgan fingerprint density at radius 1 is 1.24 bits per heavy atom. The van der Waals surface area contributed by atoms with Crippen LogP contribution in [-0.4, -0.2) is 9.32 Å². The molecule has 0 spiro atoms. The molecule has 0 bridgehead atoms. The molecule has 0 aliphatic carbocycles. The van der Waals surface area contributed by atoms with Crippen LogP contribution in [-0.2, 0) is 0 Å². The van der Waals surface area contributed by atoms with E-state index in [9.17, 15) is 4.79 Å². The highest BCUT2D eigenvalue weighted by atomic mass is 32.1. The molecule has 1 atom stereocenters. The second-order valence-corrected chi connectivity index (χ2v) is 5.72. The number of thiazole rings is 1. The van der Waals surface area contributed by atoms with E-state index in [1.54, 1.807) is 15.7 Å². The summed E-state index contributed by atoms with van der Waals surface area (Å²) < 4.78 is 1.62. The first-order valence-corrected chi connectivity index (χ1v) is 6.73. The van der Waals surface area contributed by atoms with Crippen molar-refractivity contribution in [1.29, 1.82) is 0 Å². The number of hydrogen-bond acceptors (Lipinski definition) is 3. The van der Waals surface area contributed by atoms with Gasteiger partial charge in [0.15, 0.2) is 0 Å². The summed E-state index contributed by atoms with van der Waals surface area (Å²) in [5.74, 6) is 0. The van der Waals surface area contributed by atoms with Gasteiger partial charge in [-0.3, -0.25) is 9.13 Å². The quantitative estimate of drug-likeness (QED) is 0.744. The number of aromatic nitrogens is 2. The topological polar surface area (TPSA) is 34.9 Å². The summed E-state index contributed by atoms with van der Waals surface area (Å²) in [6.07, 6.45) is 0. The summed E-state index contributed by atoms with van der Waals surface area (Å²) in [6, 6.07) is 0. The van der Waals surface area contributed by atoms with Gasteiger partial charge in [0.1, 0.15) is 0 Å². The van der Waals surface area contributed by atoms with Crippen molar-refractivity contribution >= 4 is 20.7 Å². The minimum Gasteiger partial charge on any atom is -0.297 e. The normalized spacial score (nSPS) is 10.9. The van der Waals surface area contributed by atoms with Gasteiger partial charge < -0.3 is 0 Å². The predicted octanol–water partition coefficient (Wildman–Crippen LogP) is 2.84. The summed E-state index contributed by atoms with van der Waals surface area (Å²) in [7, 11) is 2.47. The molecule has 1 unspecified atom stereocenters. The summed E-state index contributed by atoms with van der Waals surface area (Å²) in [5.41, 5.74) is 4.65. The SMILES string of the molecule is Cc1nc(-c2c(C)c(C)c(C)n(P)c2=O)cs1. The highest BCUT2D eigenvalue weighted by molar-refractivity contribution is 7.14. The minimum absolute atomic E-state index is 0.000833. The number of aryl methyl sites for hydroxylation is 1. The molecule has 2 aromatic rings. The molecule has 2 aromatic heterocycles. The fraction of sp³-hybridized carbons (Fsp3) is 0.333. The van der Waals surface area contributed by atoms with Gasteiger partial charge in [-0.25, -0.2) is 4.98 Å². The van der Waals surface area contributed by atoms with E-state index in [0.29, 0.717) is 5.56 Å². The maximum Gasteiger partial charge on any atom is 0.263 e. The molecule has 5 heteroatoms. The van der Waals surface area contributed by atoms with Crippen LogP contribution < -0.4 is 5.56 Å². The molecule has 0 aliphatic heterocycles. The van der Waals surface area contributed by atoms with Gasteiger partial charge in [0.05, 0.1) is 16.3 Å². The highest BCUT2D eigenvalue weighted by Crippen LogP contribution is 2.25. The molecule has 0 N–H and O–H groups in total. The van der Waals surface area contributed by atoms with E-state index < -0.39 is 0 Å². The Morgan fingerprint density at radius 3 is 2.41 bits per heavy atom. The fourth-order valence-corrected chi connectivity index (χ4v) is 2.78. The van der Waals surface area contributed by atoms with Gasteiger partial charge in [-0.2, -0.15) is 0 Å². The van der Waals surface area contributed by atoms with Crippen LogP contribution in [0.2, 0.25) is 0 Å². The zero-order valence-corrected chi connectivity index (χ0v) is 12.3. The summed E-state index contributed by atoms with van der Waals surface area (Å²) in [6.45, 7) is 7.92. The maximum atomic E-state index is 12.3. The molecule has 90 valence electrons. The Morgan fingerprint density at radius 2 is 1.88 bits per heavy atom. The monoisotopic (exact) mass is 266 g/mol. The van der Waals surface area contributed by atoms with Crippen LogP contribution in [0.25, 0.3) is 11.3 Å². The molecule has 3 nitrogen and oxygen atoms in total. The first-order chi connectivity index (χ1) is 7.93. The van der Waals surface area contributed by atoms with Crippen LogP contribution in [0.5, 0.6) is 0 Å². The van der Waals surface area contributed by atoms with Crippen molar-refractivity contribution in [1.82, 2.24) is 9.32 Å². The number of nitrogens with zero attached hydrogens (tertiary/aromatic N) is 2. The number of hydrogen-bond donors (Lipinski definition) is 0. The molecule has 2 heterocycles. The van der Waals surface area contributed by atoms with E-state index in [0.717, 1.165) is 27.5 Å². The molecule has 0 aromatic carbocycles. The van der Waals surface area contributed by atoms with E-state index in [1.165, 1.54) is 0 Å². The molecule has 0 saturated carbocycles. The lowest BCUT2D eigenvalue weighted by atomic mass is 10.0. The van der Waals surface area contributed by atoms with Crippen molar-refractivity contribution < 1.29 is 0 Å². The Bertz CT molecular complexity index is 643. The average molecular weight is 266 g/mol. The van der Waals surface area contributed by atoms with Crippen LogP contribution >= 0.6 is 20.7 Å². The van der Waals surface area contributed by atoms with Gasteiger partial charge in [0.25, 0.3) is 5.56 Å². The third-order valence-electron chi connectivity index (χ3n) is 3.15. The van der Waals surface area contributed by atoms with Crippen molar-refractivity contribution in [2.24, 2.45) is 0 Å². The summed E-state index contributed by atoms with van der Waals surface area (Å²) in [5, 5.41) is 2.92. The second-order valence-electron chi connectivity index (χ2n) is 4.14. The maximum absolute atomic E-state index is 12.3. The lowest BCUT2D eigenvalue weighted by molar-refractivity contribution is 1.02. The van der Waals surface area contributed by atoms with Crippen molar-refractivity contribution in [3.05, 3.63) is 37.6 Å². The minimum atomic E-state index is 0.000833. The van der Waals surface area contributed by atoms with E-state index in [-0.39, 0.29) is 5.56 Å². The van der Waals surface area contributed by atoms with Crippen molar-refractivity contribution in [2.75, 3.05) is 0 Å². The van der Waals surface area contributed by atoms with E-state index in [4.69, 9.17) is 0 Å². The first kappa shape index (κ1) is 12.5. The fourth-order valence-electron chi connectivity index (χ4n) is 1.85. The Kier molecular flexibility index (Phi) is 3.19. The van der Waals surface area contributed by atoms with Crippen LogP contribution in [0.4, 0.5) is 0 Å². The van der Waals surface area contributed by atoms with Crippen LogP contribution in [0.15, 0.2) is 10.2 Å². The Balaban J connectivity index is 2.83. The smallest absolute Gasteiger partial charge is 0.263 e. The van der Waals surface area contributed by atoms with Gasteiger partial charge in [-0.05, 0) is 48.2 Å². The van der Waals surface area contributed by atoms with E-state index >= 15 is 0 Å². The van der Waals surface area contributed by atoms with Crippen molar-refractivity contribution in [3.63, 3.8) is 0 Å². The van der Waals surface area contributed by atoms with Gasteiger partial charge >= 0.3 is 0 Å². The highest BCUT2D eigenvalue weighted by Gasteiger charge is 2.15. The van der Waals surface area contributed by atoms with Gasteiger partial charge in [-0.1, -0.05) is 0 Å². The number of rotatable bonds is 1. The molecule has 0 radical (unpaired) electrons. The van der Waals surface area contributed by atoms with Crippen LogP contribution in [0.1, 0.15) is 21.8 Å². The molecular formula is C12H15N2OPS. The van der Waals surface area contributed by atoms with Crippen molar-refractivity contribution in [3.8, 4) is 11.3 Å². The summed E-state index contributed by atoms with van der Waals surface area (Å²) in [4.78, 5) is 16.7. The molecule has 17 heavy (non-hydrogen) atoms. The Labute approximate surface area is 107 Å². The lowest BCUT2D eigenvalue weighted by Crippen LogP contribution is -2.20. The third-order valence-corrected chi connectivity index (χ3v) is 4.54. The van der Waals surface area contributed by atoms with Gasteiger partial charge in [-0.15, -0.1) is 11.3 Å². The van der Waals surface area contributed by atoms with E-state index in [2.05, 4.69) is 14.4 Å². The Hall–Kier alpha value is -0.990. The molecule has 2 rings (SSSR count). The van der Waals surface area contributed by atoms with E-state index in [1.807, 2.05) is 33.1 Å². The zero-order chi connectivity index (χ0) is 12.7. The molecule has 0 aliphatic rings. The third kappa shape index (κ3) is 1.96. The van der Waals surface area contributed by atoms with Crippen LogP contribution in [0, 0.1) is 27.7 Å². The average Bonchev–Trinajstić information content (AvgIpc) is 2.71. The van der Waals surface area contributed by atoms with Crippen LogP contribution in [0.3, 0.4) is 0 Å². The molecule has 0 amide bonds. The lowest BCUT2D eigenvalue weighted by Gasteiger charge is -2.13.